The van der Waals surface area contributed by atoms with E-state index >= 15 is 0 Å². The summed E-state index contributed by atoms with van der Waals surface area (Å²) in [6.45, 7) is 1.67. The summed E-state index contributed by atoms with van der Waals surface area (Å²) in [4.78, 5) is 4.29. The summed E-state index contributed by atoms with van der Waals surface area (Å²) in [5, 5.41) is 0. The molecule has 3 aromatic rings. The molecule has 0 aliphatic rings. The fourth-order valence-corrected chi connectivity index (χ4v) is 2.43. The van der Waals surface area contributed by atoms with Crippen molar-refractivity contribution in [3.8, 4) is 5.69 Å². The molecule has 0 radical (unpaired) electrons. The van der Waals surface area contributed by atoms with Gasteiger partial charge in [0.05, 0.1) is 22.3 Å². The molecule has 3 nitrogen and oxygen atoms in total. The summed E-state index contributed by atoms with van der Waals surface area (Å²) in [6, 6.07) is 10.4. The molecule has 3 rings (SSSR count). The molecule has 2 aromatic carbocycles. The van der Waals surface area contributed by atoms with Gasteiger partial charge in [0.15, 0.2) is 0 Å². The molecule has 0 amide bonds. The van der Waals surface area contributed by atoms with Crippen LogP contribution in [0.4, 0.5) is 18.9 Å². The molecule has 0 saturated heterocycles. The normalized spacial score (nSPS) is 12.0. The molecule has 0 aliphatic carbocycles. The van der Waals surface area contributed by atoms with Crippen molar-refractivity contribution in [2.24, 2.45) is 0 Å². The van der Waals surface area contributed by atoms with Crippen LogP contribution >= 0.6 is 0 Å². The fraction of sp³-hybridized carbons (Fsp3) is 0.133. The minimum absolute atomic E-state index is 0.0646. The van der Waals surface area contributed by atoms with Crippen molar-refractivity contribution in [2.75, 3.05) is 5.73 Å². The quantitative estimate of drug-likeness (QED) is 0.690. The highest BCUT2D eigenvalue weighted by Gasteiger charge is 2.34. The number of nitrogen functional groups attached to an aromatic ring is 1. The molecule has 6 heteroatoms. The van der Waals surface area contributed by atoms with Crippen molar-refractivity contribution in [1.82, 2.24) is 9.55 Å². The van der Waals surface area contributed by atoms with E-state index in [0.29, 0.717) is 22.5 Å². The Morgan fingerprint density at radius 1 is 1.10 bits per heavy atom. The Labute approximate surface area is 118 Å². The molecule has 0 fully saturated rings. The highest BCUT2D eigenvalue weighted by molar-refractivity contribution is 5.81. The van der Waals surface area contributed by atoms with Crippen LogP contribution < -0.4 is 5.73 Å². The van der Waals surface area contributed by atoms with Crippen LogP contribution in [0, 0.1) is 6.92 Å². The van der Waals surface area contributed by atoms with Crippen LogP contribution in [-0.2, 0) is 6.18 Å². The Bertz CT molecular complexity index is 819. The van der Waals surface area contributed by atoms with Gasteiger partial charge in [-0.15, -0.1) is 0 Å². The third-order valence-electron chi connectivity index (χ3n) is 3.30. The molecule has 0 saturated carbocycles. The summed E-state index contributed by atoms with van der Waals surface area (Å²) < 4.78 is 41.0. The van der Waals surface area contributed by atoms with Gasteiger partial charge in [0.25, 0.3) is 0 Å². The second-order valence-corrected chi connectivity index (χ2v) is 4.76. The van der Waals surface area contributed by atoms with Crippen molar-refractivity contribution in [2.45, 2.75) is 13.1 Å². The third kappa shape index (κ3) is 2.22. The Morgan fingerprint density at radius 2 is 1.81 bits per heavy atom. The average Bonchev–Trinajstić information content (AvgIpc) is 2.72. The van der Waals surface area contributed by atoms with Gasteiger partial charge >= 0.3 is 6.18 Å². The highest BCUT2D eigenvalue weighted by Crippen LogP contribution is 2.35. The Hall–Kier alpha value is -2.50. The predicted octanol–water partition coefficient (Wildman–Crippen LogP) is 3.93. The summed E-state index contributed by atoms with van der Waals surface area (Å²) in [5.41, 5.74) is 6.76. The maximum absolute atomic E-state index is 13.2. The van der Waals surface area contributed by atoms with Gasteiger partial charge in [-0.05, 0) is 37.3 Å². The molecule has 0 aliphatic heterocycles. The van der Waals surface area contributed by atoms with Gasteiger partial charge < -0.3 is 5.73 Å². The smallest absolute Gasteiger partial charge is 0.399 e. The summed E-state index contributed by atoms with van der Waals surface area (Å²) in [5.74, 6) is 0.479. The molecule has 21 heavy (non-hydrogen) atoms. The van der Waals surface area contributed by atoms with Crippen LogP contribution in [0.25, 0.3) is 16.7 Å². The van der Waals surface area contributed by atoms with Crippen molar-refractivity contribution >= 4 is 16.7 Å². The topological polar surface area (TPSA) is 43.8 Å². The minimum Gasteiger partial charge on any atom is -0.399 e. The fourth-order valence-electron chi connectivity index (χ4n) is 2.43. The van der Waals surface area contributed by atoms with Crippen molar-refractivity contribution in [3.05, 3.63) is 53.9 Å². The second kappa shape index (κ2) is 4.51. The average molecular weight is 291 g/mol. The maximum atomic E-state index is 13.2. The lowest BCUT2D eigenvalue weighted by Gasteiger charge is -2.15. The highest BCUT2D eigenvalue weighted by atomic mass is 19.4. The molecule has 0 atom stereocenters. The number of aryl methyl sites for hydroxylation is 1. The van der Waals surface area contributed by atoms with Crippen LogP contribution in [0.2, 0.25) is 0 Å². The number of benzene rings is 2. The SMILES string of the molecule is Cc1nc2cc(N)ccc2n1-c1ccccc1C(F)(F)F. The molecule has 2 N–H and O–H groups in total. The van der Waals surface area contributed by atoms with Crippen LogP contribution in [0.15, 0.2) is 42.5 Å². The summed E-state index contributed by atoms with van der Waals surface area (Å²) in [6.07, 6.45) is -4.42. The number of aromatic nitrogens is 2. The van der Waals surface area contributed by atoms with E-state index in [1.165, 1.54) is 16.7 Å². The zero-order valence-corrected chi connectivity index (χ0v) is 11.1. The largest absolute Gasteiger partial charge is 0.418 e. The van der Waals surface area contributed by atoms with E-state index in [9.17, 15) is 13.2 Å². The summed E-state index contributed by atoms with van der Waals surface area (Å²) >= 11 is 0. The van der Waals surface area contributed by atoms with E-state index in [0.717, 1.165) is 6.07 Å². The van der Waals surface area contributed by atoms with Crippen molar-refractivity contribution in [1.29, 1.82) is 0 Å². The van der Waals surface area contributed by atoms with Gasteiger partial charge in [0.1, 0.15) is 5.82 Å². The number of imidazole rings is 1. The lowest BCUT2D eigenvalue weighted by molar-refractivity contribution is -0.137. The Morgan fingerprint density at radius 3 is 2.52 bits per heavy atom. The first-order valence-electron chi connectivity index (χ1n) is 6.29. The number of rotatable bonds is 1. The molecule has 0 bridgehead atoms. The number of fused-ring (bicyclic) bond motifs is 1. The van der Waals surface area contributed by atoms with E-state index in [2.05, 4.69) is 4.98 Å². The van der Waals surface area contributed by atoms with Gasteiger partial charge in [-0.1, -0.05) is 12.1 Å². The van der Waals surface area contributed by atoms with Gasteiger partial charge in [-0.3, -0.25) is 4.57 Å². The van der Waals surface area contributed by atoms with E-state index in [-0.39, 0.29) is 5.69 Å². The number of nitrogens with zero attached hydrogens (tertiary/aromatic N) is 2. The Balaban J connectivity index is 2.34. The van der Waals surface area contributed by atoms with Crippen LogP contribution in [0.5, 0.6) is 0 Å². The number of halogens is 3. The molecule has 0 spiro atoms. The Kier molecular flexibility index (Phi) is 2.90. The van der Waals surface area contributed by atoms with Crippen LogP contribution in [-0.4, -0.2) is 9.55 Å². The number of hydrogen-bond acceptors (Lipinski definition) is 2. The standard InChI is InChI=1S/C15H12F3N3/c1-9-20-12-8-10(19)6-7-14(12)21(9)13-5-3-2-4-11(13)15(16,17)18/h2-8H,19H2,1H3. The zero-order valence-electron chi connectivity index (χ0n) is 11.1. The van der Waals surface area contributed by atoms with Crippen molar-refractivity contribution < 1.29 is 13.2 Å². The lowest BCUT2D eigenvalue weighted by atomic mass is 10.1. The molecule has 1 aromatic heterocycles. The number of nitrogens with two attached hydrogens (primary N) is 1. The lowest BCUT2D eigenvalue weighted by Crippen LogP contribution is -2.11. The van der Waals surface area contributed by atoms with E-state index in [1.54, 1.807) is 31.2 Å². The number of anilines is 1. The summed E-state index contributed by atoms with van der Waals surface area (Å²) in [7, 11) is 0. The predicted molar refractivity (Wildman–Crippen MR) is 75.2 cm³/mol. The molecule has 108 valence electrons. The van der Waals surface area contributed by atoms with Gasteiger partial charge in [-0.2, -0.15) is 13.2 Å². The zero-order chi connectivity index (χ0) is 15.2. The maximum Gasteiger partial charge on any atom is 0.418 e. The van der Waals surface area contributed by atoms with E-state index in [4.69, 9.17) is 5.73 Å². The van der Waals surface area contributed by atoms with Crippen LogP contribution in [0.3, 0.4) is 0 Å². The van der Waals surface area contributed by atoms with E-state index in [1.807, 2.05) is 0 Å². The van der Waals surface area contributed by atoms with Crippen molar-refractivity contribution in [3.63, 3.8) is 0 Å². The molecular weight excluding hydrogens is 279 g/mol. The van der Waals surface area contributed by atoms with Gasteiger partial charge in [0, 0.05) is 5.69 Å². The van der Waals surface area contributed by atoms with Gasteiger partial charge in [-0.25, -0.2) is 4.98 Å². The molecular formula is C15H12F3N3. The first-order chi connectivity index (χ1) is 9.88. The first kappa shape index (κ1) is 13.5. The number of para-hydroxylation sites is 1. The number of alkyl halides is 3. The number of hydrogen-bond donors (Lipinski definition) is 1. The second-order valence-electron chi connectivity index (χ2n) is 4.76. The van der Waals surface area contributed by atoms with Crippen LogP contribution in [0.1, 0.15) is 11.4 Å². The first-order valence-corrected chi connectivity index (χ1v) is 6.29. The third-order valence-corrected chi connectivity index (χ3v) is 3.30. The van der Waals surface area contributed by atoms with E-state index < -0.39 is 11.7 Å². The molecule has 0 unspecified atom stereocenters. The monoisotopic (exact) mass is 291 g/mol. The molecule has 1 heterocycles. The van der Waals surface area contributed by atoms with Gasteiger partial charge in [0.2, 0.25) is 0 Å². The minimum atomic E-state index is -4.42.